The SMILES string of the molecule is CCC(=O)COCCOc1ccc(COC)cc1. The Balaban J connectivity index is 2.17. The molecule has 0 N–H and O–H groups in total. The number of hydrogen-bond donors (Lipinski definition) is 0. The van der Waals surface area contributed by atoms with Crippen LogP contribution in [0, 0.1) is 0 Å². The predicted molar refractivity (Wildman–Crippen MR) is 68.8 cm³/mol. The van der Waals surface area contributed by atoms with Crippen molar-refractivity contribution in [2.45, 2.75) is 20.0 Å². The highest BCUT2D eigenvalue weighted by Gasteiger charge is 1.98. The number of rotatable bonds is 9. The van der Waals surface area contributed by atoms with E-state index in [2.05, 4.69) is 0 Å². The molecule has 0 radical (unpaired) electrons. The molecule has 0 aliphatic carbocycles. The molecular weight excluding hydrogens is 232 g/mol. The van der Waals surface area contributed by atoms with Crippen LogP contribution in [-0.2, 0) is 20.9 Å². The Labute approximate surface area is 108 Å². The minimum absolute atomic E-state index is 0.110. The number of Topliss-reactive ketones (excluding diaryl/α,β-unsaturated/α-hetero) is 1. The van der Waals surface area contributed by atoms with Gasteiger partial charge in [-0.25, -0.2) is 0 Å². The molecule has 100 valence electrons. The molecule has 0 saturated heterocycles. The van der Waals surface area contributed by atoms with Crippen molar-refractivity contribution in [3.63, 3.8) is 0 Å². The van der Waals surface area contributed by atoms with E-state index in [9.17, 15) is 4.79 Å². The van der Waals surface area contributed by atoms with Gasteiger partial charge in [0.1, 0.15) is 19.0 Å². The first-order valence-electron chi connectivity index (χ1n) is 6.06. The predicted octanol–water partition coefficient (Wildman–Crippen LogP) is 2.21. The summed E-state index contributed by atoms with van der Waals surface area (Å²) in [6.07, 6.45) is 0.516. The van der Waals surface area contributed by atoms with E-state index in [4.69, 9.17) is 14.2 Å². The zero-order valence-corrected chi connectivity index (χ0v) is 11.0. The van der Waals surface area contributed by atoms with Crippen LogP contribution in [0.2, 0.25) is 0 Å². The van der Waals surface area contributed by atoms with Gasteiger partial charge in [-0.15, -0.1) is 0 Å². The third-order valence-corrected chi connectivity index (χ3v) is 2.39. The topological polar surface area (TPSA) is 44.8 Å². The Morgan fingerprint density at radius 2 is 1.89 bits per heavy atom. The highest BCUT2D eigenvalue weighted by atomic mass is 16.5. The normalized spacial score (nSPS) is 10.3. The van der Waals surface area contributed by atoms with Crippen molar-refractivity contribution in [3.8, 4) is 5.75 Å². The van der Waals surface area contributed by atoms with Gasteiger partial charge in [-0.3, -0.25) is 4.79 Å². The third-order valence-electron chi connectivity index (χ3n) is 2.39. The van der Waals surface area contributed by atoms with Crippen molar-refractivity contribution in [3.05, 3.63) is 29.8 Å². The molecule has 0 unspecified atom stereocenters. The minimum atomic E-state index is 0.110. The average molecular weight is 252 g/mol. The first-order valence-corrected chi connectivity index (χ1v) is 6.06. The van der Waals surface area contributed by atoms with Gasteiger partial charge in [0, 0.05) is 13.5 Å². The van der Waals surface area contributed by atoms with Gasteiger partial charge in [-0.05, 0) is 17.7 Å². The Morgan fingerprint density at radius 1 is 1.17 bits per heavy atom. The van der Waals surface area contributed by atoms with Crippen LogP contribution in [0.3, 0.4) is 0 Å². The molecule has 0 saturated carbocycles. The second kappa shape index (κ2) is 8.66. The second-order valence-electron chi connectivity index (χ2n) is 3.87. The largest absolute Gasteiger partial charge is 0.491 e. The summed E-state index contributed by atoms with van der Waals surface area (Å²) in [5, 5.41) is 0. The van der Waals surface area contributed by atoms with E-state index < -0.39 is 0 Å². The maximum absolute atomic E-state index is 11.0. The van der Waals surface area contributed by atoms with Crippen LogP contribution < -0.4 is 4.74 Å². The molecule has 0 spiro atoms. The molecule has 0 bridgehead atoms. The van der Waals surface area contributed by atoms with Crippen molar-refractivity contribution in [2.75, 3.05) is 26.9 Å². The van der Waals surface area contributed by atoms with E-state index in [-0.39, 0.29) is 12.4 Å². The molecular formula is C14H20O4. The zero-order valence-electron chi connectivity index (χ0n) is 11.0. The summed E-state index contributed by atoms with van der Waals surface area (Å²) in [5.74, 6) is 0.902. The summed E-state index contributed by atoms with van der Waals surface area (Å²) in [6.45, 7) is 3.46. The highest BCUT2D eigenvalue weighted by Crippen LogP contribution is 2.12. The number of methoxy groups -OCH3 is 1. The van der Waals surface area contributed by atoms with Gasteiger partial charge in [0.25, 0.3) is 0 Å². The number of benzene rings is 1. The number of carbonyl (C=O) groups excluding carboxylic acids is 1. The van der Waals surface area contributed by atoms with Gasteiger partial charge in [0.15, 0.2) is 5.78 Å². The van der Waals surface area contributed by atoms with Crippen LogP contribution in [-0.4, -0.2) is 32.7 Å². The number of ether oxygens (including phenoxy) is 3. The Kier molecular flexibility index (Phi) is 7.06. The van der Waals surface area contributed by atoms with Crippen molar-refractivity contribution in [2.24, 2.45) is 0 Å². The van der Waals surface area contributed by atoms with Crippen LogP contribution in [0.25, 0.3) is 0 Å². The lowest BCUT2D eigenvalue weighted by Crippen LogP contribution is -2.12. The number of ketones is 1. The highest BCUT2D eigenvalue weighted by molar-refractivity contribution is 5.79. The molecule has 0 heterocycles. The van der Waals surface area contributed by atoms with E-state index in [1.165, 1.54) is 0 Å². The fraction of sp³-hybridized carbons (Fsp3) is 0.500. The van der Waals surface area contributed by atoms with Crippen LogP contribution in [0.5, 0.6) is 5.75 Å². The fourth-order valence-corrected chi connectivity index (χ4v) is 1.36. The standard InChI is InChI=1S/C14H20O4/c1-3-13(15)11-17-8-9-18-14-6-4-12(5-7-14)10-16-2/h4-7H,3,8-11H2,1-2H3. The lowest BCUT2D eigenvalue weighted by atomic mass is 10.2. The molecule has 1 aromatic rings. The minimum Gasteiger partial charge on any atom is -0.491 e. The summed E-state index contributed by atoms with van der Waals surface area (Å²) in [5.41, 5.74) is 1.11. The molecule has 4 heteroatoms. The summed E-state index contributed by atoms with van der Waals surface area (Å²) in [7, 11) is 1.67. The third kappa shape index (κ3) is 5.80. The van der Waals surface area contributed by atoms with E-state index in [0.717, 1.165) is 11.3 Å². The molecule has 1 aromatic carbocycles. The first kappa shape index (κ1) is 14.7. The Hall–Kier alpha value is -1.39. The molecule has 4 nitrogen and oxygen atoms in total. The maximum atomic E-state index is 11.0. The lowest BCUT2D eigenvalue weighted by molar-refractivity contribution is -0.123. The Bertz CT molecular complexity index is 345. The van der Waals surface area contributed by atoms with E-state index in [1.54, 1.807) is 7.11 Å². The fourth-order valence-electron chi connectivity index (χ4n) is 1.36. The van der Waals surface area contributed by atoms with E-state index >= 15 is 0 Å². The maximum Gasteiger partial charge on any atom is 0.158 e. The van der Waals surface area contributed by atoms with E-state index in [1.807, 2.05) is 31.2 Å². The quantitative estimate of drug-likeness (QED) is 0.632. The van der Waals surface area contributed by atoms with Gasteiger partial charge < -0.3 is 14.2 Å². The summed E-state index contributed by atoms with van der Waals surface area (Å²) in [6, 6.07) is 7.71. The Morgan fingerprint density at radius 3 is 2.50 bits per heavy atom. The van der Waals surface area contributed by atoms with Crippen LogP contribution >= 0.6 is 0 Å². The van der Waals surface area contributed by atoms with Crippen molar-refractivity contribution in [1.29, 1.82) is 0 Å². The van der Waals surface area contributed by atoms with Gasteiger partial charge >= 0.3 is 0 Å². The molecule has 0 atom stereocenters. The lowest BCUT2D eigenvalue weighted by Gasteiger charge is -2.07. The van der Waals surface area contributed by atoms with Crippen molar-refractivity contribution >= 4 is 5.78 Å². The second-order valence-corrected chi connectivity index (χ2v) is 3.87. The van der Waals surface area contributed by atoms with Crippen LogP contribution in [0.1, 0.15) is 18.9 Å². The molecule has 0 aliphatic heterocycles. The monoisotopic (exact) mass is 252 g/mol. The van der Waals surface area contributed by atoms with Gasteiger partial charge in [-0.1, -0.05) is 19.1 Å². The van der Waals surface area contributed by atoms with E-state index in [0.29, 0.717) is 26.2 Å². The summed E-state index contributed by atoms with van der Waals surface area (Å²) >= 11 is 0. The zero-order chi connectivity index (χ0) is 13.2. The molecule has 18 heavy (non-hydrogen) atoms. The average Bonchev–Trinajstić information content (AvgIpc) is 2.40. The summed E-state index contributed by atoms with van der Waals surface area (Å²) < 4.78 is 15.7. The van der Waals surface area contributed by atoms with Crippen LogP contribution in [0.15, 0.2) is 24.3 Å². The smallest absolute Gasteiger partial charge is 0.158 e. The number of carbonyl (C=O) groups is 1. The molecule has 0 fully saturated rings. The van der Waals surface area contributed by atoms with Crippen LogP contribution in [0.4, 0.5) is 0 Å². The van der Waals surface area contributed by atoms with Gasteiger partial charge in [0.2, 0.25) is 0 Å². The number of hydrogen-bond acceptors (Lipinski definition) is 4. The van der Waals surface area contributed by atoms with Gasteiger partial charge in [0.05, 0.1) is 13.2 Å². The molecule has 1 rings (SSSR count). The van der Waals surface area contributed by atoms with Gasteiger partial charge in [-0.2, -0.15) is 0 Å². The van der Waals surface area contributed by atoms with Crippen molar-refractivity contribution in [1.82, 2.24) is 0 Å². The molecule has 0 amide bonds. The van der Waals surface area contributed by atoms with Crippen molar-refractivity contribution < 1.29 is 19.0 Å². The molecule has 0 aromatic heterocycles. The first-order chi connectivity index (χ1) is 8.76. The summed E-state index contributed by atoms with van der Waals surface area (Å²) in [4.78, 5) is 11.0. The molecule has 0 aliphatic rings.